The quantitative estimate of drug-likeness (QED) is 0.399. The standard InChI is InChI=1S/C26H22N8/c1-34(2)15-16-9-17(13-27-12-16)18-10-21-24(32-33-26(21)30-14-18)23-11-20-19(6-8-29-25(20)31-23)22-5-3-4-7-28-22/h3-14H,15H2,1-2H3,(H,29,31)(H,30,32,33). The number of aromatic nitrogens is 7. The molecule has 0 radical (unpaired) electrons. The Morgan fingerprint density at radius 1 is 0.853 bits per heavy atom. The van der Waals surface area contributed by atoms with Gasteiger partial charge in [0, 0.05) is 65.0 Å². The number of nitrogens with one attached hydrogen (secondary N) is 2. The van der Waals surface area contributed by atoms with Crippen molar-refractivity contribution in [2.75, 3.05) is 14.1 Å². The van der Waals surface area contributed by atoms with Crippen LogP contribution in [0.4, 0.5) is 0 Å². The lowest BCUT2D eigenvalue weighted by atomic mass is 10.1. The van der Waals surface area contributed by atoms with Gasteiger partial charge in [0.15, 0.2) is 5.65 Å². The molecule has 0 saturated carbocycles. The average molecular weight is 447 g/mol. The first-order valence-electron chi connectivity index (χ1n) is 11.0. The predicted octanol–water partition coefficient (Wildman–Crippen LogP) is 4.69. The fourth-order valence-corrected chi connectivity index (χ4v) is 4.27. The molecule has 0 aliphatic rings. The minimum absolute atomic E-state index is 0.660. The van der Waals surface area contributed by atoms with E-state index in [9.17, 15) is 0 Å². The zero-order chi connectivity index (χ0) is 23.1. The number of fused-ring (bicyclic) bond motifs is 2. The number of pyridine rings is 4. The van der Waals surface area contributed by atoms with Gasteiger partial charge in [0.05, 0.1) is 17.1 Å². The molecule has 34 heavy (non-hydrogen) atoms. The summed E-state index contributed by atoms with van der Waals surface area (Å²) in [5.41, 5.74) is 8.32. The summed E-state index contributed by atoms with van der Waals surface area (Å²) in [6.45, 7) is 0.828. The summed E-state index contributed by atoms with van der Waals surface area (Å²) in [7, 11) is 4.10. The van der Waals surface area contributed by atoms with Gasteiger partial charge < -0.3 is 9.88 Å². The maximum atomic E-state index is 4.59. The van der Waals surface area contributed by atoms with Gasteiger partial charge in [0.1, 0.15) is 5.65 Å². The van der Waals surface area contributed by atoms with E-state index in [0.717, 1.165) is 62.3 Å². The predicted molar refractivity (Wildman–Crippen MR) is 133 cm³/mol. The minimum Gasteiger partial charge on any atom is -0.338 e. The van der Waals surface area contributed by atoms with Gasteiger partial charge in [0.2, 0.25) is 0 Å². The molecule has 6 heterocycles. The van der Waals surface area contributed by atoms with E-state index in [2.05, 4.69) is 58.2 Å². The van der Waals surface area contributed by atoms with E-state index in [-0.39, 0.29) is 0 Å². The van der Waals surface area contributed by atoms with Crippen LogP contribution in [0.2, 0.25) is 0 Å². The van der Waals surface area contributed by atoms with Crippen LogP contribution in [0, 0.1) is 0 Å². The normalized spacial score (nSPS) is 11.6. The lowest BCUT2D eigenvalue weighted by molar-refractivity contribution is 0.402. The second-order valence-electron chi connectivity index (χ2n) is 8.53. The van der Waals surface area contributed by atoms with Crippen LogP contribution >= 0.6 is 0 Å². The highest BCUT2D eigenvalue weighted by molar-refractivity contribution is 5.99. The Morgan fingerprint density at radius 3 is 2.62 bits per heavy atom. The first-order chi connectivity index (χ1) is 16.7. The Kier molecular flexibility index (Phi) is 4.85. The van der Waals surface area contributed by atoms with E-state index < -0.39 is 0 Å². The highest BCUT2D eigenvalue weighted by Crippen LogP contribution is 2.33. The van der Waals surface area contributed by atoms with Crippen molar-refractivity contribution >= 4 is 22.1 Å². The van der Waals surface area contributed by atoms with Crippen molar-refractivity contribution in [1.29, 1.82) is 0 Å². The molecule has 6 aromatic heterocycles. The molecule has 0 aliphatic carbocycles. The molecule has 0 saturated heterocycles. The molecular formula is C26H22N8. The molecule has 0 bridgehead atoms. The molecule has 6 rings (SSSR count). The molecule has 6 aromatic rings. The third-order valence-electron chi connectivity index (χ3n) is 5.78. The van der Waals surface area contributed by atoms with E-state index in [4.69, 9.17) is 0 Å². The second kappa shape index (κ2) is 8.17. The second-order valence-corrected chi connectivity index (χ2v) is 8.53. The van der Waals surface area contributed by atoms with Gasteiger partial charge in [-0.15, -0.1) is 0 Å². The number of rotatable bonds is 5. The monoisotopic (exact) mass is 446 g/mol. The Morgan fingerprint density at radius 2 is 1.76 bits per heavy atom. The summed E-state index contributed by atoms with van der Waals surface area (Å²) >= 11 is 0. The highest BCUT2D eigenvalue weighted by atomic mass is 15.2. The lowest BCUT2D eigenvalue weighted by Gasteiger charge is -2.10. The topological polar surface area (TPSA) is 99.3 Å². The largest absolute Gasteiger partial charge is 0.338 e. The Bertz CT molecular complexity index is 1610. The smallest absolute Gasteiger partial charge is 0.181 e. The van der Waals surface area contributed by atoms with Crippen LogP contribution < -0.4 is 0 Å². The van der Waals surface area contributed by atoms with Gasteiger partial charge in [-0.25, -0.2) is 9.97 Å². The molecule has 166 valence electrons. The van der Waals surface area contributed by atoms with Crippen LogP contribution in [0.3, 0.4) is 0 Å². The summed E-state index contributed by atoms with van der Waals surface area (Å²) in [6.07, 6.45) is 9.21. The summed E-state index contributed by atoms with van der Waals surface area (Å²) in [6, 6.07) is 14.2. The van der Waals surface area contributed by atoms with Gasteiger partial charge in [-0.3, -0.25) is 15.1 Å². The molecule has 8 heteroatoms. The van der Waals surface area contributed by atoms with Crippen molar-refractivity contribution in [3.8, 4) is 33.8 Å². The third kappa shape index (κ3) is 3.60. The van der Waals surface area contributed by atoms with Gasteiger partial charge in [-0.1, -0.05) is 6.07 Å². The van der Waals surface area contributed by atoms with E-state index >= 15 is 0 Å². The van der Waals surface area contributed by atoms with Crippen LogP contribution in [0.15, 0.2) is 73.4 Å². The molecule has 2 N–H and O–H groups in total. The fraction of sp³-hybridized carbons (Fsp3) is 0.115. The van der Waals surface area contributed by atoms with Crippen molar-refractivity contribution in [2.24, 2.45) is 0 Å². The molecule has 0 amide bonds. The molecule has 0 atom stereocenters. The fourth-order valence-electron chi connectivity index (χ4n) is 4.27. The van der Waals surface area contributed by atoms with Crippen LogP contribution in [-0.2, 0) is 6.54 Å². The molecule has 8 nitrogen and oxygen atoms in total. The third-order valence-corrected chi connectivity index (χ3v) is 5.78. The van der Waals surface area contributed by atoms with E-state index in [1.54, 1.807) is 12.4 Å². The van der Waals surface area contributed by atoms with Crippen LogP contribution in [0.25, 0.3) is 55.8 Å². The van der Waals surface area contributed by atoms with Gasteiger partial charge in [-0.2, -0.15) is 5.10 Å². The maximum absolute atomic E-state index is 4.59. The lowest BCUT2D eigenvalue weighted by Crippen LogP contribution is -2.10. The molecule has 0 fully saturated rings. The summed E-state index contributed by atoms with van der Waals surface area (Å²) in [5, 5.41) is 9.52. The van der Waals surface area contributed by atoms with Crippen molar-refractivity contribution in [1.82, 2.24) is 40.0 Å². The zero-order valence-electron chi connectivity index (χ0n) is 18.8. The van der Waals surface area contributed by atoms with Gasteiger partial charge >= 0.3 is 0 Å². The number of aromatic amines is 2. The Balaban J connectivity index is 1.45. The molecule has 0 unspecified atom stereocenters. The van der Waals surface area contributed by atoms with Gasteiger partial charge in [-0.05, 0) is 56.1 Å². The van der Waals surface area contributed by atoms with Crippen LogP contribution in [-0.4, -0.2) is 54.1 Å². The highest BCUT2D eigenvalue weighted by Gasteiger charge is 2.15. The molecular weight excluding hydrogens is 424 g/mol. The number of H-pyrrole nitrogens is 2. The van der Waals surface area contributed by atoms with Gasteiger partial charge in [0.25, 0.3) is 0 Å². The Labute approximate surface area is 195 Å². The van der Waals surface area contributed by atoms with Crippen molar-refractivity contribution in [2.45, 2.75) is 6.54 Å². The van der Waals surface area contributed by atoms with E-state index in [1.807, 2.05) is 57.0 Å². The number of hydrogen-bond acceptors (Lipinski definition) is 6. The molecule has 0 aliphatic heterocycles. The molecule has 0 aromatic carbocycles. The van der Waals surface area contributed by atoms with Crippen LogP contribution in [0.1, 0.15) is 5.56 Å². The average Bonchev–Trinajstić information content (AvgIpc) is 3.48. The first-order valence-corrected chi connectivity index (χ1v) is 11.0. The van der Waals surface area contributed by atoms with Crippen molar-refractivity contribution in [3.05, 3.63) is 79.0 Å². The summed E-state index contributed by atoms with van der Waals surface area (Å²) in [4.78, 5) is 23.6. The van der Waals surface area contributed by atoms with Crippen molar-refractivity contribution < 1.29 is 0 Å². The maximum Gasteiger partial charge on any atom is 0.181 e. The zero-order valence-corrected chi connectivity index (χ0v) is 18.8. The number of hydrogen-bond donors (Lipinski definition) is 2. The van der Waals surface area contributed by atoms with E-state index in [0.29, 0.717) is 5.65 Å². The van der Waals surface area contributed by atoms with Crippen LogP contribution in [0.5, 0.6) is 0 Å². The van der Waals surface area contributed by atoms with E-state index in [1.165, 1.54) is 0 Å². The SMILES string of the molecule is CN(C)Cc1cncc(-c2cnc3n[nH]c(-c4cc5c(-c6ccccn6)ccnc5[nH]4)c3c2)c1. The summed E-state index contributed by atoms with van der Waals surface area (Å²) in [5.74, 6) is 0. The molecule has 0 spiro atoms. The Hall–Kier alpha value is -4.43. The first kappa shape index (κ1) is 20.2. The minimum atomic E-state index is 0.660. The number of nitrogens with zero attached hydrogens (tertiary/aromatic N) is 6. The van der Waals surface area contributed by atoms with Crippen molar-refractivity contribution in [3.63, 3.8) is 0 Å². The summed E-state index contributed by atoms with van der Waals surface area (Å²) < 4.78 is 0.